The maximum Gasteiger partial charge on any atom is 0.337 e. The van der Waals surface area contributed by atoms with E-state index in [1.54, 1.807) is 42.5 Å². The fraction of sp³-hybridized carbons (Fsp3) is 0.0556. The minimum atomic E-state index is -0.416. The Morgan fingerprint density at radius 2 is 2.00 bits per heavy atom. The zero-order chi connectivity index (χ0) is 17.8. The van der Waals surface area contributed by atoms with Gasteiger partial charge in [0.1, 0.15) is 5.52 Å². The monoisotopic (exact) mass is 356 g/mol. The van der Waals surface area contributed by atoms with Crippen LogP contribution < -0.4 is 5.32 Å². The van der Waals surface area contributed by atoms with Crippen LogP contribution in [0.3, 0.4) is 0 Å². The van der Waals surface area contributed by atoms with E-state index in [-0.39, 0.29) is 11.5 Å². The van der Waals surface area contributed by atoms with E-state index < -0.39 is 5.97 Å². The summed E-state index contributed by atoms with van der Waals surface area (Å²) in [5, 5.41) is 3.50. The van der Waals surface area contributed by atoms with Crippen LogP contribution in [-0.4, -0.2) is 24.3 Å². The lowest BCUT2D eigenvalue weighted by Gasteiger charge is -2.03. The molecule has 7 heteroatoms. The number of carbonyl (C=O) groups is 2. The van der Waals surface area contributed by atoms with Gasteiger partial charge in [0.25, 0.3) is 0 Å². The van der Waals surface area contributed by atoms with Crippen molar-refractivity contribution in [3.63, 3.8) is 0 Å². The molecule has 0 atom stereocenters. The number of carbonyl (C=O) groups excluding carboxylic acids is 2. The number of hydrogen-bond acceptors (Lipinski definition) is 6. The van der Waals surface area contributed by atoms with Crippen LogP contribution in [0.1, 0.15) is 16.2 Å². The molecule has 1 aromatic heterocycles. The molecule has 0 aliphatic rings. The Morgan fingerprint density at radius 1 is 1.24 bits per heavy atom. The van der Waals surface area contributed by atoms with Crippen molar-refractivity contribution < 1.29 is 18.7 Å². The van der Waals surface area contributed by atoms with Crippen molar-refractivity contribution in [3.05, 3.63) is 65.1 Å². The molecule has 0 saturated heterocycles. The molecule has 1 N–H and O–H groups in total. The summed E-state index contributed by atoms with van der Waals surface area (Å²) in [4.78, 5) is 27.0. The number of rotatable bonds is 5. The van der Waals surface area contributed by atoms with Crippen molar-refractivity contribution in [1.82, 2.24) is 4.98 Å². The average Bonchev–Trinajstić information content (AvgIpc) is 3.05. The van der Waals surface area contributed by atoms with Gasteiger partial charge in [-0.1, -0.05) is 11.6 Å². The highest BCUT2D eigenvalue weighted by Gasteiger charge is 2.11. The third-order valence-corrected chi connectivity index (χ3v) is 3.66. The van der Waals surface area contributed by atoms with Gasteiger partial charge in [0.15, 0.2) is 11.9 Å². The first-order chi connectivity index (χ1) is 12.1. The zero-order valence-corrected chi connectivity index (χ0v) is 13.9. The first-order valence-corrected chi connectivity index (χ1v) is 7.65. The second-order valence-corrected chi connectivity index (χ2v) is 5.50. The molecule has 126 valence electrons. The number of ether oxygens (including phenoxy) is 1. The molecule has 0 amide bonds. The lowest BCUT2D eigenvalue weighted by atomic mass is 10.2. The number of fused-ring (bicyclic) bond motifs is 1. The molecule has 2 aromatic carbocycles. The van der Waals surface area contributed by atoms with Crippen LogP contribution in [-0.2, 0) is 9.53 Å². The molecule has 3 aromatic rings. The number of esters is 1. The number of methoxy groups -OCH3 is 1. The summed E-state index contributed by atoms with van der Waals surface area (Å²) in [5.74, 6) is -0.230. The Bertz CT molecular complexity index is 961. The largest absolute Gasteiger partial charge is 0.465 e. The molecule has 0 fully saturated rings. The van der Waals surface area contributed by atoms with Crippen LogP contribution in [0.5, 0.6) is 0 Å². The number of aromatic nitrogens is 1. The van der Waals surface area contributed by atoms with E-state index in [1.165, 1.54) is 13.3 Å². The number of nitrogens with zero attached hydrogens (tertiary/aromatic N) is 1. The maximum absolute atomic E-state index is 11.4. The molecule has 0 saturated carbocycles. The number of allylic oxidation sites excluding steroid dienone is 1. The van der Waals surface area contributed by atoms with Gasteiger partial charge in [-0.05, 0) is 42.5 Å². The number of hydrogen-bond donors (Lipinski definition) is 1. The topological polar surface area (TPSA) is 81.4 Å². The van der Waals surface area contributed by atoms with Gasteiger partial charge in [-0.25, -0.2) is 9.78 Å². The van der Waals surface area contributed by atoms with E-state index >= 15 is 0 Å². The summed E-state index contributed by atoms with van der Waals surface area (Å²) in [7, 11) is 1.32. The molecule has 0 bridgehead atoms. The molecule has 25 heavy (non-hydrogen) atoms. The van der Waals surface area contributed by atoms with E-state index in [9.17, 15) is 9.59 Å². The summed E-state index contributed by atoms with van der Waals surface area (Å²) in [5.41, 5.74) is 2.46. The summed E-state index contributed by atoms with van der Waals surface area (Å²) in [6.07, 6.45) is 2.12. The van der Waals surface area contributed by atoms with E-state index in [2.05, 4.69) is 15.0 Å². The smallest absolute Gasteiger partial charge is 0.337 e. The lowest BCUT2D eigenvalue weighted by molar-refractivity contribution is -0.103. The Labute approximate surface area is 148 Å². The van der Waals surface area contributed by atoms with Crippen LogP contribution in [0, 0.1) is 0 Å². The van der Waals surface area contributed by atoms with E-state index in [4.69, 9.17) is 16.0 Å². The molecule has 3 rings (SSSR count). The SMILES string of the molecule is COC(=O)c1ccc(N/C=C(\C=O)c2nc3cc(Cl)ccc3o2)cc1. The number of aldehydes is 1. The van der Waals surface area contributed by atoms with Gasteiger partial charge in [-0.3, -0.25) is 4.79 Å². The first-order valence-electron chi connectivity index (χ1n) is 7.27. The van der Waals surface area contributed by atoms with E-state index in [0.717, 1.165) is 0 Å². The Kier molecular flexibility index (Phi) is 4.81. The molecule has 0 aliphatic heterocycles. The number of benzene rings is 2. The van der Waals surface area contributed by atoms with Gasteiger partial charge >= 0.3 is 5.97 Å². The quantitative estimate of drug-likeness (QED) is 0.424. The standard InChI is InChI=1S/C18H13ClN2O4/c1-24-18(23)11-2-5-14(6-3-11)20-9-12(10-22)17-21-15-8-13(19)4-7-16(15)25-17/h2-10,20H,1H3/b12-9+. The predicted molar refractivity (Wildman–Crippen MR) is 94.5 cm³/mol. The Morgan fingerprint density at radius 3 is 2.68 bits per heavy atom. The third-order valence-electron chi connectivity index (χ3n) is 3.42. The van der Waals surface area contributed by atoms with Crippen LogP contribution in [0.2, 0.25) is 5.02 Å². The van der Waals surface area contributed by atoms with Gasteiger partial charge in [0.2, 0.25) is 5.89 Å². The van der Waals surface area contributed by atoms with Crippen molar-refractivity contribution >= 4 is 46.2 Å². The summed E-state index contributed by atoms with van der Waals surface area (Å²) in [6, 6.07) is 11.6. The van der Waals surface area contributed by atoms with Crippen LogP contribution in [0.25, 0.3) is 16.7 Å². The fourth-order valence-corrected chi connectivity index (χ4v) is 2.32. The number of halogens is 1. The van der Waals surface area contributed by atoms with E-state index in [0.29, 0.717) is 33.7 Å². The van der Waals surface area contributed by atoms with Gasteiger partial charge in [-0.2, -0.15) is 0 Å². The molecule has 0 aliphatic carbocycles. The van der Waals surface area contributed by atoms with E-state index in [1.807, 2.05) is 0 Å². The maximum atomic E-state index is 11.4. The van der Waals surface area contributed by atoms with Gasteiger partial charge in [0.05, 0.1) is 18.2 Å². The normalized spacial score (nSPS) is 11.4. The van der Waals surface area contributed by atoms with Crippen LogP contribution >= 0.6 is 11.6 Å². The Hall–Kier alpha value is -3.12. The number of nitrogens with one attached hydrogen (secondary N) is 1. The average molecular weight is 357 g/mol. The molecular formula is C18H13ClN2O4. The van der Waals surface area contributed by atoms with Crippen molar-refractivity contribution in [2.45, 2.75) is 0 Å². The summed E-state index contributed by atoms with van der Waals surface area (Å²) < 4.78 is 10.2. The third kappa shape index (κ3) is 3.70. The van der Waals surface area contributed by atoms with Crippen LogP contribution in [0.15, 0.2) is 53.1 Å². The van der Waals surface area contributed by atoms with Crippen molar-refractivity contribution in [2.24, 2.45) is 0 Å². The summed E-state index contributed by atoms with van der Waals surface area (Å²) >= 11 is 5.92. The zero-order valence-electron chi connectivity index (χ0n) is 13.2. The molecule has 0 unspecified atom stereocenters. The molecule has 6 nitrogen and oxygen atoms in total. The Balaban J connectivity index is 1.82. The highest BCUT2D eigenvalue weighted by molar-refractivity contribution is 6.31. The van der Waals surface area contributed by atoms with Crippen molar-refractivity contribution in [2.75, 3.05) is 12.4 Å². The lowest BCUT2D eigenvalue weighted by Crippen LogP contribution is -2.01. The second-order valence-electron chi connectivity index (χ2n) is 5.06. The molecule has 1 heterocycles. The number of anilines is 1. The number of oxazole rings is 1. The molecular weight excluding hydrogens is 344 g/mol. The first kappa shape index (κ1) is 16.7. The predicted octanol–water partition coefficient (Wildman–Crippen LogP) is 3.92. The minimum absolute atomic E-state index is 0.186. The fourth-order valence-electron chi connectivity index (χ4n) is 2.15. The second kappa shape index (κ2) is 7.19. The van der Waals surface area contributed by atoms with Crippen LogP contribution in [0.4, 0.5) is 5.69 Å². The highest BCUT2D eigenvalue weighted by atomic mass is 35.5. The van der Waals surface area contributed by atoms with Gasteiger partial charge < -0.3 is 14.5 Å². The minimum Gasteiger partial charge on any atom is -0.465 e. The summed E-state index contributed by atoms with van der Waals surface area (Å²) in [6.45, 7) is 0. The molecule has 0 spiro atoms. The van der Waals surface area contributed by atoms with Crippen molar-refractivity contribution in [3.8, 4) is 0 Å². The van der Waals surface area contributed by atoms with Gasteiger partial charge in [0, 0.05) is 16.9 Å². The highest BCUT2D eigenvalue weighted by Crippen LogP contribution is 2.23. The molecule has 0 radical (unpaired) electrons. The van der Waals surface area contributed by atoms with Gasteiger partial charge in [-0.15, -0.1) is 0 Å². The van der Waals surface area contributed by atoms with Crippen molar-refractivity contribution in [1.29, 1.82) is 0 Å².